The zero-order valence-corrected chi connectivity index (χ0v) is 18.2. The first-order valence-electron chi connectivity index (χ1n) is 9.93. The molecule has 8 nitrogen and oxygen atoms in total. The normalized spacial score (nSPS) is 15.7. The van der Waals surface area contributed by atoms with Crippen molar-refractivity contribution in [3.05, 3.63) is 72.1 Å². The van der Waals surface area contributed by atoms with Gasteiger partial charge < -0.3 is 20.5 Å². The summed E-state index contributed by atoms with van der Waals surface area (Å²) in [5, 5.41) is 2.83. The number of pyridine rings is 1. The highest BCUT2D eigenvalue weighted by Gasteiger charge is 2.31. The predicted molar refractivity (Wildman–Crippen MR) is 114 cm³/mol. The van der Waals surface area contributed by atoms with Gasteiger partial charge in [-0.2, -0.15) is 0 Å². The minimum absolute atomic E-state index is 0.156. The van der Waals surface area contributed by atoms with Gasteiger partial charge in [0.05, 0.1) is 28.1 Å². The van der Waals surface area contributed by atoms with E-state index in [0.29, 0.717) is 18.8 Å². The van der Waals surface area contributed by atoms with Crippen molar-refractivity contribution in [3.63, 3.8) is 0 Å². The Kier molecular flexibility index (Phi) is 6.09. The first-order valence-corrected chi connectivity index (χ1v) is 11.4. The van der Waals surface area contributed by atoms with E-state index in [1.54, 1.807) is 6.07 Å². The van der Waals surface area contributed by atoms with Crippen LogP contribution in [0.4, 0.5) is 18.9 Å². The molecule has 34 heavy (non-hydrogen) atoms. The number of anilines is 1. The Morgan fingerprint density at radius 2 is 1.82 bits per heavy atom. The molecule has 0 aliphatic carbocycles. The van der Waals surface area contributed by atoms with E-state index in [-0.39, 0.29) is 27.2 Å². The number of halogens is 3. The van der Waals surface area contributed by atoms with Gasteiger partial charge in [0.25, 0.3) is 5.91 Å². The largest absolute Gasteiger partial charge is 0.573 e. The fourth-order valence-corrected chi connectivity index (χ4v) is 4.71. The number of ether oxygens (including phenoxy) is 2. The van der Waals surface area contributed by atoms with Crippen molar-refractivity contribution >= 4 is 21.4 Å². The topological polar surface area (TPSA) is 121 Å². The molecule has 1 aliphatic heterocycles. The number of hydrogen-bond donors (Lipinski definition) is 2. The van der Waals surface area contributed by atoms with E-state index in [4.69, 9.17) is 10.5 Å². The van der Waals surface area contributed by atoms with E-state index in [2.05, 4.69) is 15.0 Å². The van der Waals surface area contributed by atoms with Crippen LogP contribution in [0.5, 0.6) is 11.5 Å². The van der Waals surface area contributed by atoms with Gasteiger partial charge in [0.15, 0.2) is 5.69 Å². The molecule has 2 heterocycles. The van der Waals surface area contributed by atoms with E-state index in [1.807, 2.05) is 18.2 Å². The van der Waals surface area contributed by atoms with Gasteiger partial charge >= 0.3 is 6.36 Å². The predicted octanol–water partition coefficient (Wildman–Crippen LogP) is 3.65. The second-order valence-electron chi connectivity index (χ2n) is 7.33. The number of rotatable bonds is 5. The number of fused-ring (bicyclic) bond motifs is 1. The summed E-state index contributed by atoms with van der Waals surface area (Å²) in [5.41, 5.74) is 6.41. The Morgan fingerprint density at radius 1 is 1.12 bits per heavy atom. The molecule has 0 bridgehead atoms. The number of nitrogens with zero attached hydrogens (tertiary/aromatic N) is 1. The van der Waals surface area contributed by atoms with Gasteiger partial charge in [-0.05, 0) is 36.4 Å². The number of amides is 1. The van der Waals surface area contributed by atoms with Crippen LogP contribution in [0.3, 0.4) is 0 Å². The average Bonchev–Trinajstić information content (AvgIpc) is 2.78. The molecule has 1 aromatic heterocycles. The number of alkyl halides is 3. The van der Waals surface area contributed by atoms with Crippen molar-refractivity contribution in [3.8, 4) is 11.5 Å². The zero-order chi connectivity index (χ0) is 24.5. The molecule has 3 aromatic rings. The van der Waals surface area contributed by atoms with Gasteiger partial charge in [-0.25, -0.2) is 13.4 Å². The van der Waals surface area contributed by atoms with Gasteiger partial charge in [-0.1, -0.05) is 18.2 Å². The third-order valence-corrected chi connectivity index (χ3v) is 6.79. The Hall–Kier alpha value is -3.80. The maximum Gasteiger partial charge on any atom is 0.573 e. The van der Waals surface area contributed by atoms with Crippen LogP contribution in [0.15, 0.2) is 70.6 Å². The van der Waals surface area contributed by atoms with Gasteiger partial charge in [0.1, 0.15) is 11.5 Å². The molecule has 12 heteroatoms. The van der Waals surface area contributed by atoms with Crippen molar-refractivity contribution in [1.29, 1.82) is 0 Å². The molecule has 1 atom stereocenters. The van der Waals surface area contributed by atoms with Crippen LogP contribution >= 0.6 is 0 Å². The second kappa shape index (κ2) is 8.86. The highest BCUT2D eigenvalue weighted by molar-refractivity contribution is 7.91. The third-order valence-electron chi connectivity index (χ3n) is 5.05. The molecule has 178 valence electrons. The SMILES string of the molecule is Nc1cc(S(=O)(=O)c2ccc(OC(F)(F)F)cc2)cnc1C(=O)N[C@@H]1CCOc2ccccc21. The highest BCUT2D eigenvalue weighted by Crippen LogP contribution is 2.32. The van der Waals surface area contributed by atoms with E-state index >= 15 is 0 Å². The Labute approximate surface area is 192 Å². The highest BCUT2D eigenvalue weighted by atomic mass is 32.2. The molecular weight excluding hydrogens is 475 g/mol. The number of aromatic nitrogens is 1. The van der Waals surface area contributed by atoms with E-state index in [9.17, 15) is 26.4 Å². The van der Waals surface area contributed by atoms with Gasteiger partial charge in [-0.3, -0.25) is 4.79 Å². The fourth-order valence-electron chi connectivity index (χ4n) is 3.47. The molecule has 0 fully saturated rings. The van der Waals surface area contributed by atoms with E-state index in [0.717, 1.165) is 42.1 Å². The zero-order valence-electron chi connectivity index (χ0n) is 17.4. The summed E-state index contributed by atoms with van der Waals surface area (Å²) < 4.78 is 71.9. The lowest BCUT2D eigenvalue weighted by molar-refractivity contribution is -0.274. The average molecular weight is 493 g/mol. The van der Waals surface area contributed by atoms with Crippen molar-refractivity contribution in [2.24, 2.45) is 0 Å². The van der Waals surface area contributed by atoms with E-state index in [1.165, 1.54) is 0 Å². The summed E-state index contributed by atoms with van der Waals surface area (Å²) in [5.74, 6) is -0.490. The van der Waals surface area contributed by atoms with Crippen LogP contribution in [-0.2, 0) is 9.84 Å². The lowest BCUT2D eigenvalue weighted by Crippen LogP contribution is -2.33. The summed E-state index contributed by atoms with van der Waals surface area (Å²) in [6, 6.07) is 11.7. The molecule has 3 N–H and O–H groups in total. The molecule has 4 rings (SSSR count). The summed E-state index contributed by atoms with van der Waals surface area (Å²) in [4.78, 5) is 16.1. The Morgan fingerprint density at radius 3 is 2.50 bits per heavy atom. The van der Waals surface area contributed by atoms with Crippen LogP contribution in [0.25, 0.3) is 0 Å². The number of benzene rings is 2. The molecule has 0 radical (unpaired) electrons. The second-order valence-corrected chi connectivity index (χ2v) is 9.28. The quantitative estimate of drug-likeness (QED) is 0.557. The number of nitrogens with one attached hydrogen (secondary N) is 1. The number of carbonyl (C=O) groups is 1. The number of nitrogens with two attached hydrogens (primary N) is 1. The van der Waals surface area contributed by atoms with Crippen LogP contribution in [-0.4, -0.2) is 32.3 Å². The first-order chi connectivity index (χ1) is 16.0. The van der Waals surface area contributed by atoms with Crippen molar-refractivity contribution < 1.29 is 35.9 Å². The fraction of sp³-hybridized carbons (Fsp3) is 0.182. The van der Waals surface area contributed by atoms with Gasteiger partial charge in [-0.15, -0.1) is 13.2 Å². The lowest BCUT2D eigenvalue weighted by Gasteiger charge is -2.26. The molecule has 2 aromatic carbocycles. The maximum atomic E-state index is 12.8. The third kappa shape index (κ3) is 4.91. The van der Waals surface area contributed by atoms with Gasteiger partial charge in [0.2, 0.25) is 9.84 Å². The molecule has 0 unspecified atom stereocenters. The molecule has 0 saturated heterocycles. The standard InChI is InChI=1S/C22H18F3N3O5S/c23-22(24,25)33-13-5-7-14(8-6-13)34(30,31)15-11-17(26)20(27-12-15)21(29)28-18-9-10-32-19-4-2-1-3-16(18)19/h1-8,11-12,18H,9-10,26H2,(H,28,29)/t18-/m1/s1. The smallest absolute Gasteiger partial charge is 0.493 e. The molecule has 1 amide bonds. The monoisotopic (exact) mass is 493 g/mol. The lowest BCUT2D eigenvalue weighted by atomic mass is 10.0. The Bertz CT molecular complexity index is 1330. The number of hydrogen-bond acceptors (Lipinski definition) is 7. The van der Waals surface area contributed by atoms with Crippen molar-refractivity contribution in [2.45, 2.75) is 28.6 Å². The number of carbonyl (C=O) groups excluding carboxylic acids is 1. The van der Waals surface area contributed by atoms with Crippen molar-refractivity contribution in [2.75, 3.05) is 12.3 Å². The van der Waals surface area contributed by atoms with Crippen LogP contribution < -0.4 is 20.5 Å². The Balaban J connectivity index is 1.53. The number of nitrogen functional groups attached to an aromatic ring is 1. The van der Waals surface area contributed by atoms with E-state index < -0.39 is 27.9 Å². The minimum atomic E-state index is -4.90. The van der Waals surface area contributed by atoms with Crippen molar-refractivity contribution in [1.82, 2.24) is 10.3 Å². The molecule has 1 aliphatic rings. The van der Waals surface area contributed by atoms with Gasteiger partial charge in [0, 0.05) is 18.2 Å². The number of sulfone groups is 1. The molecule has 0 spiro atoms. The summed E-state index contributed by atoms with van der Waals surface area (Å²) in [6.07, 6.45) is -3.40. The van der Waals surface area contributed by atoms with Crippen LogP contribution in [0, 0.1) is 0 Å². The first kappa shape index (κ1) is 23.4. The maximum absolute atomic E-state index is 12.8. The molecular formula is C22H18F3N3O5S. The van der Waals surface area contributed by atoms with Crippen LogP contribution in [0.2, 0.25) is 0 Å². The summed E-state index contributed by atoms with van der Waals surface area (Å²) >= 11 is 0. The minimum Gasteiger partial charge on any atom is -0.493 e. The molecule has 0 saturated carbocycles. The summed E-state index contributed by atoms with van der Waals surface area (Å²) in [7, 11) is -4.16. The summed E-state index contributed by atoms with van der Waals surface area (Å²) in [6.45, 7) is 0.412. The number of para-hydroxylation sites is 1. The van der Waals surface area contributed by atoms with Crippen LogP contribution in [0.1, 0.15) is 28.5 Å².